The van der Waals surface area contributed by atoms with Crippen molar-refractivity contribution in [3.63, 3.8) is 0 Å². The van der Waals surface area contributed by atoms with E-state index in [-0.39, 0.29) is 35.8 Å². The Morgan fingerprint density at radius 2 is 1.43 bits per heavy atom. The topological polar surface area (TPSA) is 79.7 Å². The van der Waals surface area contributed by atoms with Gasteiger partial charge in [0.1, 0.15) is 42.9 Å². The predicted octanol–water partition coefficient (Wildman–Crippen LogP) is -4.55. The fourth-order valence-corrected chi connectivity index (χ4v) is 6.06. The van der Waals surface area contributed by atoms with Crippen molar-refractivity contribution in [3.05, 3.63) is 118 Å². The summed E-state index contributed by atoms with van der Waals surface area (Å²) in [6.45, 7) is 6.26. The molecule has 4 N–H and O–H groups in total. The number of rotatable bonds is 7. The van der Waals surface area contributed by atoms with Crippen molar-refractivity contribution in [3.8, 4) is 0 Å². The molecule has 7 nitrogen and oxygen atoms in total. The maximum atomic E-state index is 13.2. The number of aryl methyl sites for hydroxylation is 1. The first-order valence-corrected chi connectivity index (χ1v) is 13.5. The highest BCUT2D eigenvalue weighted by Gasteiger charge is 2.31. The van der Waals surface area contributed by atoms with Crippen molar-refractivity contribution in [1.82, 2.24) is 14.0 Å². The number of pyridine rings is 1. The molecule has 0 aliphatic carbocycles. The molecule has 0 unspecified atom stereocenters. The molecule has 212 valence electrons. The minimum absolute atomic E-state index is 0. The quantitative estimate of drug-likeness (QED) is 0.184. The first-order valence-electron chi connectivity index (χ1n) is 13.1. The Kier molecular flexibility index (Phi) is 11.2. The number of benzene rings is 2. The average Bonchev–Trinajstić information content (AvgIpc) is 3.44. The third kappa shape index (κ3) is 6.36. The number of piperazine rings is 1. The van der Waals surface area contributed by atoms with E-state index in [0.717, 1.165) is 50.3 Å². The second-order valence-corrected chi connectivity index (χ2v) is 10.4. The van der Waals surface area contributed by atoms with Crippen LogP contribution in [0.2, 0.25) is 5.15 Å². The Morgan fingerprint density at radius 3 is 2.05 bits per heavy atom. The summed E-state index contributed by atoms with van der Waals surface area (Å²) in [6, 6.07) is 29.6. The van der Waals surface area contributed by atoms with Crippen LogP contribution in [-0.4, -0.2) is 52.2 Å². The second kappa shape index (κ2) is 14.1. The van der Waals surface area contributed by atoms with Crippen LogP contribution < -0.4 is 40.2 Å². The van der Waals surface area contributed by atoms with Crippen molar-refractivity contribution in [2.75, 3.05) is 32.7 Å². The van der Waals surface area contributed by atoms with E-state index in [0.29, 0.717) is 23.3 Å². The fourth-order valence-electron chi connectivity index (χ4n) is 5.92. The number of quaternary nitrogens is 2. The lowest BCUT2D eigenvalue weighted by Crippen LogP contribution is -3.28. The normalized spacial score (nSPS) is 16.8. The standard InChI is InChI=1S/C30H30ClN5O.2ClH.H2O/c31-27-15-14-25-29(32-27)35-17-7-13-26(35)30(37)36(25)18-8-16-33-19-21-34(22-20-33)28(23-9-3-1-4-10-23)24-11-5-2-6-12-24;;;/h1-7,9-15,17,28H,8,16,18-22H2;2*1H;1H2. The summed E-state index contributed by atoms with van der Waals surface area (Å²) < 4.78 is 3.71. The van der Waals surface area contributed by atoms with Crippen LogP contribution in [0, 0.1) is 0 Å². The zero-order valence-electron chi connectivity index (χ0n) is 22.1. The molecule has 0 saturated carbocycles. The molecule has 5 aromatic rings. The van der Waals surface area contributed by atoms with Crippen molar-refractivity contribution >= 4 is 28.3 Å². The number of fused-ring (bicyclic) bond motifs is 3. The van der Waals surface area contributed by atoms with E-state index in [1.165, 1.54) is 11.1 Å². The molecule has 10 heteroatoms. The van der Waals surface area contributed by atoms with Gasteiger partial charge in [-0.1, -0.05) is 72.3 Å². The summed E-state index contributed by atoms with van der Waals surface area (Å²) >= 11 is 6.18. The summed E-state index contributed by atoms with van der Waals surface area (Å²) in [7, 11) is 0. The SMILES string of the molecule is O.O=c1c2cccn2c2nc(Cl)ccc2n1CCC[NH+]1CC[NH+](C(c2ccccc2)c2ccccc2)CC1.[Cl-].[Cl-]. The van der Waals surface area contributed by atoms with Gasteiger partial charge in [0.15, 0.2) is 5.65 Å². The molecule has 1 saturated heterocycles. The molecule has 4 heterocycles. The van der Waals surface area contributed by atoms with Gasteiger partial charge in [0.2, 0.25) is 0 Å². The Balaban J connectivity index is 0.00000147. The number of nitrogens with zero attached hydrogens (tertiary/aromatic N) is 3. The largest absolute Gasteiger partial charge is 1.00 e. The molecule has 1 fully saturated rings. The summed E-state index contributed by atoms with van der Waals surface area (Å²) in [5.74, 6) is 0. The maximum absolute atomic E-state index is 13.2. The average molecular weight is 603 g/mol. The molecule has 0 spiro atoms. The minimum Gasteiger partial charge on any atom is -1.00 e. The van der Waals surface area contributed by atoms with Crippen LogP contribution in [-0.2, 0) is 6.54 Å². The van der Waals surface area contributed by atoms with E-state index in [4.69, 9.17) is 11.6 Å². The van der Waals surface area contributed by atoms with Gasteiger partial charge in [-0.15, -0.1) is 0 Å². The Hall–Kier alpha value is -2.91. The smallest absolute Gasteiger partial charge is 0.275 e. The van der Waals surface area contributed by atoms with Crippen molar-refractivity contribution in [2.24, 2.45) is 0 Å². The monoisotopic (exact) mass is 601 g/mol. The number of nitrogens with one attached hydrogen (secondary N) is 2. The number of hydrogen-bond acceptors (Lipinski definition) is 2. The van der Waals surface area contributed by atoms with E-state index in [9.17, 15) is 4.79 Å². The molecule has 40 heavy (non-hydrogen) atoms. The van der Waals surface area contributed by atoms with Gasteiger partial charge in [-0.25, -0.2) is 4.98 Å². The molecule has 0 amide bonds. The predicted molar refractivity (Wildman–Crippen MR) is 151 cm³/mol. The fraction of sp³-hybridized carbons (Fsp3) is 0.267. The van der Waals surface area contributed by atoms with Crippen LogP contribution in [0.15, 0.2) is 95.9 Å². The van der Waals surface area contributed by atoms with Gasteiger partial charge >= 0.3 is 0 Å². The maximum Gasteiger partial charge on any atom is 0.275 e. The summed E-state index contributed by atoms with van der Waals surface area (Å²) in [4.78, 5) is 21.0. The van der Waals surface area contributed by atoms with Crippen LogP contribution in [0.4, 0.5) is 0 Å². The molecule has 6 rings (SSSR count). The Bertz CT molecular complexity index is 1530. The van der Waals surface area contributed by atoms with Gasteiger partial charge < -0.3 is 44.7 Å². The highest BCUT2D eigenvalue weighted by atomic mass is 35.5. The first kappa shape index (κ1) is 31.6. The van der Waals surface area contributed by atoms with Gasteiger partial charge in [-0.05, 0) is 24.3 Å². The zero-order chi connectivity index (χ0) is 25.2. The first-order chi connectivity index (χ1) is 18.2. The summed E-state index contributed by atoms with van der Waals surface area (Å²) in [6.07, 6.45) is 2.82. The van der Waals surface area contributed by atoms with Crippen LogP contribution in [0.1, 0.15) is 23.6 Å². The van der Waals surface area contributed by atoms with Crippen molar-refractivity contribution < 1.29 is 40.1 Å². The number of hydrogen-bond donors (Lipinski definition) is 2. The van der Waals surface area contributed by atoms with Crippen molar-refractivity contribution in [2.45, 2.75) is 19.0 Å². The van der Waals surface area contributed by atoms with Gasteiger partial charge in [0.05, 0.1) is 12.1 Å². The van der Waals surface area contributed by atoms with Gasteiger partial charge in [0, 0.05) is 30.3 Å². The highest BCUT2D eigenvalue weighted by Crippen LogP contribution is 2.19. The number of halogens is 3. The molecule has 3 aromatic heterocycles. The molecule has 0 bridgehead atoms. The van der Waals surface area contributed by atoms with E-state index in [2.05, 4.69) is 65.6 Å². The Labute approximate surface area is 251 Å². The lowest BCUT2D eigenvalue weighted by molar-refractivity contribution is -1.02. The van der Waals surface area contributed by atoms with E-state index >= 15 is 0 Å². The van der Waals surface area contributed by atoms with Gasteiger partial charge in [-0.3, -0.25) is 9.20 Å². The third-order valence-corrected chi connectivity index (χ3v) is 7.95. The van der Waals surface area contributed by atoms with E-state index in [1.54, 1.807) is 15.9 Å². The molecule has 2 aromatic carbocycles. The Morgan fingerprint density at radius 1 is 0.800 bits per heavy atom. The van der Waals surface area contributed by atoms with E-state index in [1.807, 2.05) is 33.4 Å². The molecule has 1 aliphatic rings. The van der Waals surface area contributed by atoms with Gasteiger partial charge in [0.25, 0.3) is 5.56 Å². The van der Waals surface area contributed by atoms with Crippen LogP contribution in [0.5, 0.6) is 0 Å². The molecule has 1 aliphatic heterocycles. The zero-order valence-corrected chi connectivity index (χ0v) is 24.3. The van der Waals surface area contributed by atoms with Crippen LogP contribution >= 0.6 is 11.6 Å². The van der Waals surface area contributed by atoms with E-state index < -0.39 is 0 Å². The second-order valence-electron chi connectivity index (χ2n) is 9.96. The summed E-state index contributed by atoms with van der Waals surface area (Å²) in [5, 5.41) is 0.432. The molecule has 0 radical (unpaired) electrons. The van der Waals surface area contributed by atoms with Crippen LogP contribution in [0.25, 0.3) is 16.7 Å². The van der Waals surface area contributed by atoms with Gasteiger partial charge in [-0.2, -0.15) is 0 Å². The number of aromatic nitrogens is 3. The van der Waals surface area contributed by atoms with Crippen LogP contribution in [0.3, 0.4) is 0 Å². The minimum atomic E-state index is 0. The molecule has 0 atom stereocenters. The lowest BCUT2D eigenvalue weighted by atomic mass is 9.96. The third-order valence-electron chi connectivity index (χ3n) is 7.74. The van der Waals surface area contributed by atoms with Crippen molar-refractivity contribution in [1.29, 1.82) is 0 Å². The highest BCUT2D eigenvalue weighted by molar-refractivity contribution is 6.29. The molecular weight excluding hydrogens is 569 g/mol. The summed E-state index contributed by atoms with van der Waals surface area (Å²) in [5.41, 5.74) is 4.99. The lowest BCUT2D eigenvalue weighted by Gasteiger charge is -2.35. The molecular formula is C30H34Cl3N5O2.